The number of carbonyl (C=O) groups is 3. The highest BCUT2D eigenvalue weighted by Crippen LogP contribution is 2.50. The molecule has 0 radical (unpaired) electrons. The zero-order chi connectivity index (χ0) is 31.6. The lowest BCUT2D eigenvalue weighted by Gasteiger charge is -2.44. The third kappa shape index (κ3) is 6.01. The largest absolute Gasteiger partial charge is 0.377 e. The van der Waals surface area contributed by atoms with Crippen molar-refractivity contribution in [3.05, 3.63) is 58.7 Å². The third-order valence-corrected chi connectivity index (χ3v) is 11.9. The monoisotopic (exact) mass is 651 g/mol. The van der Waals surface area contributed by atoms with Gasteiger partial charge in [-0.1, -0.05) is 6.07 Å². The summed E-state index contributed by atoms with van der Waals surface area (Å²) in [5, 5.41) is 3.74. The number of amides is 3. The second kappa shape index (κ2) is 11.5. The van der Waals surface area contributed by atoms with Crippen LogP contribution in [0.3, 0.4) is 0 Å². The van der Waals surface area contributed by atoms with Crippen LogP contribution in [-0.4, -0.2) is 87.6 Å². The van der Waals surface area contributed by atoms with E-state index < -0.39 is 19.7 Å². The van der Waals surface area contributed by atoms with Crippen molar-refractivity contribution in [3.8, 4) is 0 Å². The maximum Gasteiger partial charge on any atom is 0.329 e. The van der Waals surface area contributed by atoms with Crippen LogP contribution in [0, 0.1) is 11.8 Å². The number of rotatable bonds is 7. The fourth-order valence-corrected chi connectivity index (χ4v) is 9.21. The zero-order valence-electron chi connectivity index (χ0n) is 25.3. The number of carbonyl (C=O) groups excluding carboxylic acids is 3. The molecule has 1 aromatic carbocycles. The lowest BCUT2D eigenvalue weighted by atomic mass is 9.90. The van der Waals surface area contributed by atoms with Crippen molar-refractivity contribution in [2.45, 2.75) is 62.3 Å². The lowest BCUT2D eigenvalue weighted by molar-refractivity contribution is -0.149. The third-order valence-electron chi connectivity index (χ3n) is 9.96. The van der Waals surface area contributed by atoms with E-state index in [9.17, 15) is 28.7 Å². The molecule has 11 nitrogen and oxygen atoms in total. The number of hydrogen-bond donors (Lipinski definition) is 3. The average Bonchev–Trinajstić information content (AvgIpc) is 3.33. The maximum atomic E-state index is 14.2. The zero-order valence-corrected chi connectivity index (χ0v) is 27.0. The second-order valence-electron chi connectivity index (χ2n) is 13.3. The molecule has 3 aromatic rings. The molecule has 4 fully saturated rings. The Morgan fingerprint density at radius 2 is 1.87 bits per heavy atom. The van der Waals surface area contributed by atoms with Gasteiger partial charge in [-0.05, 0) is 79.2 Å². The van der Waals surface area contributed by atoms with Crippen LogP contribution in [0.1, 0.15) is 58.8 Å². The minimum atomic E-state index is -4.22. The normalized spacial score (nSPS) is 26.5. The van der Waals surface area contributed by atoms with E-state index in [-0.39, 0.29) is 35.8 Å². The molecule has 7 rings (SSSR count). The highest BCUT2D eigenvalue weighted by molar-refractivity contribution is 7.50. The van der Waals surface area contributed by atoms with E-state index in [2.05, 4.69) is 15.2 Å². The number of anilines is 1. The van der Waals surface area contributed by atoms with E-state index in [0.29, 0.717) is 48.2 Å². The van der Waals surface area contributed by atoms with Crippen molar-refractivity contribution >= 4 is 52.4 Å². The SMILES string of the molecule is CN(C)c1ccncc1C1CN(C(=O)[C@@H]2CC[C@@H]3C[C@@H]4C[C@@H]4C[C@H](NC(=O)c4cc5cc(CP(=O)(O)O)ccc5s4)C(=O)N32)C1. The Labute approximate surface area is 265 Å². The van der Waals surface area contributed by atoms with Gasteiger partial charge in [0, 0.05) is 67.5 Å². The van der Waals surface area contributed by atoms with E-state index in [1.165, 1.54) is 11.3 Å². The summed E-state index contributed by atoms with van der Waals surface area (Å²) in [6.45, 7) is 1.20. The molecule has 5 heterocycles. The molecule has 5 atom stereocenters. The summed E-state index contributed by atoms with van der Waals surface area (Å²) in [6, 6.07) is 7.60. The Morgan fingerprint density at radius 1 is 1.09 bits per heavy atom. The number of benzene rings is 1. The molecule has 0 spiro atoms. The number of nitrogens with zero attached hydrogens (tertiary/aromatic N) is 4. The molecule has 2 aromatic heterocycles. The maximum absolute atomic E-state index is 14.2. The Hall–Kier alpha value is -3.31. The topological polar surface area (TPSA) is 143 Å². The van der Waals surface area contributed by atoms with Crippen molar-refractivity contribution < 1.29 is 28.7 Å². The number of hydrogen-bond acceptors (Lipinski definition) is 7. The van der Waals surface area contributed by atoms with Gasteiger partial charge in [-0.15, -0.1) is 11.3 Å². The summed E-state index contributed by atoms with van der Waals surface area (Å²) in [5.41, 5.74) is 2.72. The highest BCUT2D eigenvalue weighted by atomic mass is 32.1. The molecule has 1 saturated carbocycles. The van der Waals surface area contributed by atoms with Gasteiger partial charge in [0.2, 0.25) is 11.8 Å². The first-order chi connectivity index (χ1) is 21.4. The van der Waals surface area contributed by atoms with E-state index in [4.69, 9.17) is 0 Å². The Kier molecular flexibility index (Phi) is 7.75. The lowest BCUT2D eigenvalue weighted by Crippen LogP contribution is -2.59. The van der Waals surface area contributed by atoms with Crippen LogP contribution < -0.4 is 10.2 Å². The molecule has 45 heavy (non-hydrogen) atoms. The Balaban J connectivity index is 1.06. The Morgan fingerprint density at radius 3 is 2.62 bits per heavy atom. The predicted octanol–water partition coefficient (Wildman–Crippen LogP) is 3.55. The van der Waals surface area contributed by atoms with Gasteiger partial charge < -0.3 is 29.8 Å². The van der Waals surface area contributed by atoms with Gasteiger partial charge in [0.1, 0.15) is 12.1 Å². The van der Waals surface area contributed by atoms with Gasteiger partial charge >= 0.3 is 7.60 Å². The summed E-state index contributed by atoms with van der Waals surface area (Å²) in [4.78, 5) is 70.7. The first kappa shape index (κ1) is 30.3. The van der Waals surface area contributed by atoms with Crippen molar-refractivity contribution in [1.82, 2.24) is 20.1 Å². The fourth-order valence-electron chi connectivity index (χ4n) is 7.59. The van der Waals surface area contributed by atoms with Gasteiger partial charge in [-0.2, -0.15) is 0 Å². The number of fused-ring (bicyclic) bond motifs is 3. The summed E-state index contributed by atoms with van der Waals surface area (Å²) < 4.78 is 12.3. The molecule has 3 N–H and O–H groups in total. The van der Waals surface area contributed by atoms with E-state index >= 15 is 0 Å². The number of pyridine rings is 1. The van der Waals surface area contributed by atoms with Crippen LogP contribution >= 0.6 is 18.9 Å². The molecule has 13 heteroatoms. The quantitative estimate of drug-likeness (QED) is 0.329. The van der Waals surface area contributed by atoms with Crippen LogP contribution in [0.4, 0.5) is 5.69 Å². The first-order valence-corrected chi connectivity index (χ1v) is 18.2. The smallest absolute Gasteiger partial charge is 0.329 e. The van der Waals surface area contributed by atoms with Crippen LogP contribution in [0.2, 0.25) is 0 Å². The second-order valence-corrected chi connectivity index (χ2v) is 16.0. The van der Waals surface area contributed by atoms with E-state index in [1.807, 2.05) is 36.2 Å². The highest BCUT2D eigenvalue weighted by Gasteiger charge is 2.52. The summed E-state index contributed by atoms with van der Waals surface area (Å²) in [6.07, 6.45) is 7.25. The molecule has 3 aliphatic heterocycles. The molecule has 0 bridgehead atoms. The summed E-state index contributed by atoms with van der Waals surface area (Å²) >= 11 is 1.28. The standard InChI is InChI=1S/C32H38N5O6PS/c1-35(2)26-7-8-33-14-24(26)22-15-36(16-22)32(40)27-5-4-23-11-19-10-20(19)12-25(31(39)37(23)27)34-30(38)29-13-21-9-18(17-44(41,42)43)3-6-28(21)45-29/h3,6-9,13-14,19-20,22-23,25,27H,4-5,10-12,15-17H2,1-2H3,(H,34,38)(H2,41,42,43)/t19-,20+,23+,25-,27-/m0/s1. The molecule has 3 saturated heterocycles. The Bertz CT molecular complexity index is 1720. The van der Waals surface area contributed by atoms with Gasteiger partial charge in [0.05, 0.1) is 11.0 Å². The number of likely N-dealkylation sites (tertiary alicyclic amines) is 1. The van der Waals surface area contributed by atoms with Crippen molar-refractivity contribution in [2.75, 3.05) is 32.1 Å². The van der Waals surface area contributed by atoms with Gasteiger partial charge in [-0.25, -0.2) is 0 Å². The molecular formula is C32H38N5O6PS. The predicted molar refractivity (Wildman–Crippen MR) is 171 cm³/mol. The van der Waals surface area contributed by atoms with Gasteiger partial charge in [0.15, 0.2) is 0 Å². The average molecular weight is 652 g/mol. The fraction of sp³-hybridized carbons (Fsp3) is 0.500. The number of thiophene rings is 1. The van der Waals surface area contributed by atoms with Crippen molar-refractivity contribution in [2.24, 2.45) is 11.8 Å². The van der Waals surface area contributed by atoms with E-state index in [1.54, 1.807) is 30.5 Å². The molecule has 3 amide bonds. The number of aromatic nitrogens is 1. The summed E-state index contributed by atoms with van der Waals surface area (Å²) in [5.74, 6) is 0.592. The van der Waals surface area contributed by atoms with E-state index in [0.717, 1.165) is 40.6 Å². The molecule has 238 valence electrons. The van der Waals surface area contributed by atoms with Crippen LogP contribution in [-0.2, 0) is 20.3 Å². The minimum Gasteiger partial charge on any atom is -0.377 e. The van der Waals surface area contributed by atoms with Crippen LogP contribution in [0.5, 0.6) is 0 Å². The van der Waals surface area contributed by atoms with Gasteiger partial charge in [-0.3, -0.25) is 23.9 Å². The molecule has 4 aliphatic rings. The van der Waals surface area contributed by atoms with Gasteiger partial charge in [0.25, 0.3) is 5.91 Å². The molecule has 1 aliphatic carbocycles. The molecule has 0 unspecified atom stereocenters. The van der Waals surface area contributed by atoms with Crippen molar-refractivity contribution in [3.63, 3.8) is 0 Å². The summed E-state index contributed by atoms with van der Waals surface area (Å²) in [7, 11) is -0.220. The minimum absolute atomic E-state index is 0.00802. The van der Waals surface area contributed by atoms with Crippen LogP contribution in [0.15, 0.2) is 42.7 Å². The first-order valence-electron chi connectivity index (χ1n) is 15.6. The van der Waals surface area contributed by atoms with Crippen LogP contribution in [0.25, 0.3) is 10.1 Å². The molecular weight excluding hydrogens is 613 g/mol. The van der Waals surface area contributed by atoms with Crippen molar-refractivity contribution in [1.29, 1.82) is 0 Å². The number of nitrogens with one attached hydrogen (secondary N) is 1.